The minimum absolute atomic E-state index is 0.506. The van der Waals surface area contributed by atoms with E-state index >= 15 is 0 Å². The Morgan fingerprint density at radius 3 is 2.81 bits per heavy atom. The molecule has 0 saturated carbocycles. The average Bonchev–Trinajstić information content (AvgIpc) is 2.74. The van der Waals surface area contributed by atoms with Crippen molar-refractivity contribution in [2.24, 2.45) is 4.99 Å². The first-order chi connectivity index (χ1) is 7.75. The monoisotopic (exact) mass is 253 g/mol. The van der Waals surface area contributed by atoms with Gasteiger partial charge in [-0.05, 0) is 24.3 Å². The summed E-state index contributed by atoms with van der Waals surface area (Å²) in [6.45, 7) is 0.506. The van der Waals surface area contributed by atoms with Crippen LogP contribution in [0.25, 0.3) is 0 Å². The predicted octanol–water partition coefficient (Wildman–Crippen LogP) is 4.21. The molecular weight excluding hydrogens is 245 g/mol. The second kappa shape index (κ2) is 5.19. The Morgan fingerprint density at radius 2 is 2.12 bits per heavy atom. The SMILES string of the molecule is Clc1ccc(C=NCc2ccco2)c(Cl)c1. The minimum Gasteiger partial charge on any atom is -0.467 e. The normalized spacial score (nSPS) is 11.1. The Bertz CT molecular complexity index is 492. The molecule has 1 aromatic heterocycles. The first kappa shape index (κ1) is 11.2. The van der Waals surface area contributed by atoms with Crippen LogP contribution in [-0.4, -0.2) is 6.21 Å². The number of furan rings is 1. The number of hydrogen-bond acceptors (Lipinski definition) is 2. The molecule has 0 aliphatic rings. The van der Waals surface area contributed by atoms with Gasteiger partial charge in [0.05, 0.1) is 17.8 Å². The van der Waals surface area contributed by atoms with Crippen molar-refractivity contribution in [1.29, 1.82) is 0 Å². The molecule has 0 aliphatic heterocycles. The highest BCUT2D eigenvalue weighted by molar-refractivity contribution is 6.36. The quantitative estimate of drug-likeness (QED) is 0.753. The van der Waals surface area contributed by atoms with E-state index < -0.39 is 0 Å². The summed E-state index contributed by atoms with van der Waals surface area (Å²) in [6, 6.07) is 9.01. The molecule has 82 valence electrons. The molecule has 0 bridgehead atoms. The topological polar surface area (TPSA) is 25.5 Å². The third kappa shape index (κ3) is 2.87. The highest BCUT2D eigenvalue weighted by atomic mass is 35.5. The van der Waals surface area contributed by atoms with Crippen LogP contribution in [0.3, 0.4) is 0 Å². The predicted molar refractivity (Wildman–Crippen MR) is 66.5 cm³/mol. The summed E-state index contributed by atoms with van der Waals surface area (Å²) in [5.41, 5.74) is 0.845. The lowest BCUT2D eigenvalue weighted by molar-refractivity contribution is 0.513. The fraction of sp³-hybridized carbons (Fsp3) is 0.0833. The molecule has 1 aromatic carbocycles. The van der Waals surface area contributed by atoms with Crippen LogP contribution in [0.5, 0.6) is 0 Å². The number of aliphatic imine (C=N–C) groups is 1. The van der Waals surface area contributed by atoms with E-state index in [4.69, 9.17) is 27.6 Å². The van der Waals surface area contributed by atoms with Gasteiger partial charge in [0.15, 0.2) is 0 Å². The fourth-order valence-electron chi connectivity index (χ4n) is 1.24. The second-order valence-electron chi connectivity index (χ2n) is 3.21. The maximum atomic E-state index is 5.99. The molecule has 0 atom stereocenters. The standard InChI is InChI=1S/C12H9Cl2NO/c13-10-4-3-9(12(14)6-10)7-15-8-11-2-1-5-16-11/h1-7H,8H2. The molecule has 0 radical (unpaired) electrons. The molecule has 0 spiro atoms. The van der Waals surface area contributed by atoms with Crippen molar-refractivity contribution in [2.75, 3.05) is 0 Å². The number of rotatable bonds is 3. The molecule has 0 fully saturated rings. The maximum Gasteiger partial charge on any atom is 0.125 e. The molecule has 1 heterocycles. The summed E-state index contributed by atoms with van der Waals surface area (Å²) in [6.07, 6.45) is 3.33. The van der Waals surface area contributed by atoms with Crippen LogP contribution in [0.1, 0.15) is 11.3 Å². The first-order valence-corrected chi connectivity index (χ1v) is 5.48. The van der Waals surface area contributed by atoms with Crippen LogP contribution in [0, 0.1) is 0 Å². The van der Waals surface area contributed by atoms with Crippen molar-refractivity contribution < 1.29 is 4.42 Å². The van der Waals surface area contributed by atoms with E-state index in [9.17, 15) is 0 Å². The van der Waals surface area contributed by atoms with Gasteiger partial charge < -0.3 is 4.42 Å². The first-order valence-electron chi connectivity index (χ1n) is 4.73. The molecule has 4 heteroatoms. The number of hydrogen-bond donors (Lipinski definition) is 0. The lowest BCUT2D eigenvalue weighted by Crippen LogP contribution is -1.84. The van der Waals surface area contributed by atoms with Crippen LogP contribution in [0.15, 0.2) is 46.0 Å². The van der Waals surface area contributed by atoms with Crippen molar-refractivity contribution in [3.05, 3.63) is 58.0 Å². The van der Waals surface area contributed by atoms with E-state index in [0.29, 0.717) is 16.6 Å². The van der Waals surface area contributed by atoms with Gasteiger partial charge in [-0.1, -0.05) is 29.3 Å². The molecule has 2 aromatic rings. The Hall–Kier alpha value is -1.25. The van der Waals surface area contributed by atoms with E-state index in [1.54, 1.807) is 24.6 Å². The minimum atomic E-state index is 0.506. The highest BCUT2D eigenvalue weighted by Gasteiger charge is 1.98. The van der Waals surface area contributed by atoms with Gasteiger partial charge in [-0.25, -0.2) is 0 Å². The summed E-state index contributed by atoms with van der Waals surface area (Å²) in [5, 5.41) is 1.21. The van der Waals surface area contributed by atoms with Crippen molar-refractivity contribution in [1.82, 2.24) is 0 Å². The van der Waals surface area contributed by atoms with Crippen LogP contribution < -0.4 is 0 Å². The second-order valence-corrected chi connectivity index (χ2v) is 4.06. The van der Waals surface area contributed by atoms with E-state index in [-0.39, 0.29) is 0 Å². The molecule has 0 aliphatic carbocycles. The zero-order valence-electron chi connectivity index (χ0n) is 8.36. The number of benzene rings is 1. The van der Waals surface area contributed by atoms with Crippen LogP contribution in [-0.2, 0) is 6.54 Å². The molecule has 2 rings (SSSR count). The molecule has 0 N–H and O–H groups in total. The lowest BCUT2D eigenvalue weighted by atomic mass is 10.2. The van der Waals surface area contributed by atoms with Crippen LogP contribution in [0.4, 0.5) is 0 Å². The van der Waals surface area contributed by atoms with Crippen LogP contribution in [0.2, 0.25) is 10.0 Å². The van der Waals surface area contributed by atoms with Gasteiger partial charge in [0.1, 0.15) is 5.76 Å². The molecule has 0 amide bonds. The lowest BCUT2D eigenvalue weighted by Gasteiger charge is -1.97. The Morgan fingerprint density at radius 1 is 1.25 bits per heavy atom. The Balaban J connectivity index is 2.06. The van der Waals surface area contributed by atoms with Gasteiger partial charge in [-0.15, -0.1) is 0 Å². The summed E-state index contributed by atoms with van der Waals surface area (Å²) in [7, 11) is 0. The van der Waals surface area contributed by atoms with Crippen molar-refractivity contribution in [3.63, 3.8) is 0 Å². The summed E-state index contributed by atoms with van der Waals surface area (Å²) in [4.78, 5) is 4.23. The Labute approximate surface area is 104 Å². The van der Waals surface area contributed by atoms with Crippen LogP contribution >= 0.6 is 23.2 Å². The van der Waals surface area contributed by atoms with E-state index in [1.165, 1.54) is 0 Å². The zero-order chi connectivity index (χ0) is 11.4. The summed E-state index contributed by atoms with van der Waals surface area (Å²) in [5.74, 6) is 0.821. The van der Waals surface area contributed by atoms with Gasteiger partial charge in [-0.3, -0.25) is 4.99 Å². The molecule has 2 nitrogen and oxygen atoms in total. The summed E-state index contributed by atoms with van der Waals surface area (Å²) >= 11 is 11.8. The molecule has 0 unspecified atom stereocenters. The number of nitrogens with zero attached hydrogens (tertiary/aromatic N) is 1. The average molecular weight is 254 g/mol. The van der Waals surface area contributed by atoms with Gasteiger partial charge >= 0.3 is 0 Å². The van der Waals surface area contributed by atoms with Gasteiger partial charge in [0, 0.05) is 16.8 Å². The molecular formula is C12H9Cl2NO. The molecule has 16 heavy (non-hydrogen) atoms. The van der Waals surface area contributed by atoms with Gasteiger partial charge in [0.2, 0.25) is 0 Å². The van der Waals surface area contributed by atoms with E-state index in [1.807, 2.05) is 18.2 Å². The maximum absolute atomic E-state index is 5.99. The summed E-state index contributed by atoms with van der Waals surface area (Å²) < 4.78 is 5.15. The third-order valence-electron chi connectivity index (χ3n) is 2.02. The largest absolute Gasteiger partial charge is 0.467 e. The molecule has 0 saturated heterocycles. The van der Waals surface area contributed by atoms with E-state index in [2.05, 4.69) is 4.99 Å². The van der Waals surface area contributed by atoms with Crippen molar-refractivity contribution in [3.8, 4) is 0 Å². The Kier molecular flexibility index (Phi) is 3.65. The smallest absolute Gasteiger partial charge is 0.125 e. The van der Waals surface area contributed by atoms with Gasteiger partial charge in [0.25, 0.3) is 0 Å². The third-order valence-corrected chi connectivity index (χ3v) is 2.58. The number of halogens is 2. The highest BCUT2D eigenvalue weighted by Crippen LogP contribution is 2.19. The van der Waals surface area contributed by atoms with Crippen molar-refractivity contribution >= 4 is 29.4 Å². The zero-order valence-corrected chi connectivity index (χ0v) is 9.87. The fourth-order valence-corrected chi connectivity index (χ4v) is 1.70. The van der Waals surface area contributed by atoms with E-state index in [0.717, 1.165) is 11.3 Å². The van der Waals surface area contributed by atoms with Crippen molar-refractivity contribution in [2.45, 2.75) is 6.54 Å². The van der Waals surface area contributed by atoms with Gasteiger partial charge in [-0.2, -0.15) is 0 Å².